The van der Waals surface area contributed by atoms with Crippen molar-refractivity contribution >= 4 is 0 Å². The predicted molar refractivity (Wildman–Crippen MR) is 79.3 cm³/mol. The molecule has 0 aromatic heterocycles. The van der Waals surface area contributed by atoms with E-state index in [9.17, 15) is 0 Å². The molecule has 1 rings (SSSR count). The lowest BCUT2D eigenvalue weighted by atomic mass is 10.1. The molecular formula is C16H28N2. The van der Waals surface area contributed by atoms with Gasteiger partial charge in [-0.15, -0.1) is 0 Å². The second-order valence-corrected chi connectivity index (χ2v) is 5.44. The summed E-state index contributed by atoms with van der Waals surface area (Å²) < 4.78 is 0. The van der Waals surface area contributed by atoms with Crippen LogP contribution in [0, 0.1) is 5.92 Å². The second-order valence-electron chi connectivity index (χ2n) is 5.44. The third-order valence-electron chi connectivity index (χ3n) is 3.19. The van der Waals surface area contributed by atoms with Gasteiger partial charge in [0.2, 0.25) is 0 Å². The molecule has 0 fully saturated rings. The van der Waals surface area contributed by atoms with Gasteiger partial charge in [0, 0.05) is 13.1 Å². The molecule has 0 spiro atoms. The van der Waals surface area contributed by atoms with E-state index >= 15 is 0 Å². The van der Waals surface area contributed by atoms with E-state index < -0.39 is 0 Å². The lowest BCUT2D eigenvalue weighted by molar-refractivity contribution is 0.515. The molecule has 2 heteroatoms. The molecule has 0 radical (unpaired) electrons. The van der Waals surface area contributed by atoms with Crippen molar-refractivity contribution in [2.24, 2.45) is 11.7 Å². The van der Waals surface area contributed by atoms with E-state index in [1.165, 1.54) is 36.8 Å². The number of nitrogens with two attached hydrogens (primary N) is 1. The third kappa shape index (κ3) is 6.77. The fourth-order valence-corrected chi connectivity index (χ4v) is 2.08. The highest BCUT2D eigenvalue weighted by Crippen LogP contribution is 2.08. The molecule has 0 atom stereocenters. The summed E-state index contributed by atoms with van der Waals surface area (Å²) in [7, 11) is 0. The largest absolute Gasteiger partial charge is 0.326 e. The van der Waals surface area contributed by atoms with E-state index in [2.05, 4.69) is 43.4 Å². The highest BCUT2D eigenvalue weighted by atomic mass is 14.8. The van der Waals surface area contributed by atoms with E-state index in [1.807, 2.05) is 0 Å². The Hall–Kier alpha value is -0.860. The van der Waals surface area contributed by atoms with Crippen LogP contribution in [0.3, 0.4) is 0 Å². The van der Waals surface area contributed by atoms with Crippen molar-refractivity contribution < 1.29 is 0 Å². The van der Waals surface area contributed by atoms with Crippen molar-refractivity contribution in [3.05, 3.63) is 35.4 Å². The Balaban J connectivity index is 2.06. The first-order chi connectivity index (χ1) is 8.72. The first-order valence-electron chi connectivity index (χ1n) is 7.21. The summed E-state index contributed by atoms with van der Waals surface area (Å²) in [6.07, 6.45) is 5.35. The predicted octanol–water partition coefficient (Wildman–Crippen LogP) is 3.45. The topological polar surface area (TPSA) is 38.0 Å². The van der Waals surface area contributed by atoms with Gasteiger partial charge in [-0.1, -0.05) is 57.4 Å². The zero-order chi connectivity index (χ0) is 13.2. The van der Waals surface area contributed by atoms with Crippen LogP contribution in [0.5, 0.6) is 0 Å². The summed E-state index contributed by atoms with van der Waals surface area (Å²) >= 11 is 0. The van der Waals surface area contributed by atoms with Crippen LogP contribution < -0.4 is 11.1 Å². The van der Waals surface area contributed by atoms with Crippen molar-refractivity contribution in [2.75, 3.05) is 6.54 Å². The molecule has 18 heavy (non-hydrogen) atoms. The fourth-order valence-electron chi connectivity index (χ4n) is 2.08. The quantitative estimate of drug-likeness (QED) is 0.657. The molecule has 1 aromatic rings. The van der Waals surface area contributed by atoms with Gasteiger partial charge in [0.25, 0.3) is 0 Å². The Bertz CT molecular complexity index is 321. The van der Waals surface area contributed by atoms with Crippen LogP contribution in [0.2, 0.25) is 0 Å². The average molecular weight is 248 g/mol. The maximum absolute atomic E-state index is 5.63. The van der Waals surface area contributed by atoms with Gasteiger partial charge in [-0.05, 0) is 30.0 Å². The van der Waals surface area contributed by atoms with Gasteiger partial charge >= 0.3 is 0 Å². The average Bonchev–Trinajstić information content (AvgIpc) is 2.37. The van der Waals surface area contributed by atoms with Crippen LogP contribution >= 0.6 is 0 Å². The van der Waals surface area contributed by atoms with E-state index in [4.69, 9.17) is 5.73 Å². The lowest BCUT2D eigenvalue weighted by Crippen LogP contribution is -2.15. The molecule has 1 aromatic carbocycles. The number of hydrogen-bond donors (Lipinski definition) is 2. The molecule has 0 aliphatic heterocycles. The number of hydrogen-bond acceptors (Lipinski definition) is 2. The first-order valence-corrected chi connectivity index (χ1v) is 7.21. The maximum atomic E-state index is 5.63. The van der Waals surface area contributed by atoms with E-state index in [0.29, 0.717) is 6.54 Å². The molecule has 2 nitrogen and oxygen atoms in total. The van der Waals surface area contributed by atoms with Crippen LogP contribution in [-0.4, -0.2) is 6.54 Å². The molecule has 0 heterocycles. The van der Waals surface area contributed by atoms with Crippen molar-refractivity contribution in [1.82, 2.24) is 5.32 Å². The van der Waals surface area contributed by atoms with Crippen LogP contribution in [-0.2, 0) is 13.1 Å². The van der Waals surface area contributed by atoms with Crippen LogP contribution in [0.1, 0.15) is 50.7 Å². The van der Waals surface area contributed by atoms with Gasteiger partial charge in [0.15, 0.2) is 0 Å². The van der Waals surface area contributed by atoms with Crippen molar-refractivity contribution in [1.29, 1.82) is 0 Å². The zero-order valence-electron chi connectivity index (χ0n) is 11.9. The molecule has 0 aliphatic carbocycles. The summed E-state index contributed by atoms with van der Waals surface area (Å²) in [5, 5.41) is 3.50. The Morgan fingerprint density at radius 3 is 2.61 bits per heavy atom. The fraction of sp³-hybridized carbons (Fsp3) is 0.625. The van der Waals surface area contributed by atoms with E-state index in [0.717, 1.165) is 19.0 Å². The molecule has 0 saturated heterocycles. The monoisotopic (exact) mass is 248 g/mol. The molecule has 0 amide bonds. The molecule has 0 bridgehead atoms. The minimum Gasteiger partial charge on any atom is -0.326 e. The second kappa shape index (κ2) is 9.12. The molecule has 102 valence electrons. The van der Waals surface area contributed by atoms with E-state index in [-0.39, 0.29) is 0 Å². The van der Waals surface area contributed by atoms with Crippen molar-refractivity contribution in [2.45, 2.75) is 52.6 Å². The van der Waals surface area contributed by atoms with Gasteiger partial charge in [-0.25, -0.2) is 0 Å². The molecule has 0 saturated carbocycles. The van der Waals surface area contributed by atoms with E-state index in [1.54, 1.807) is 0 Å². The van der Waals surface area contributed by atoms with Gasteiger partial charge < -0.3 is 11.1 Å². The number of nitrogens with one attached hydrogen (secondary N) is 1. The Labute approximate surface area is 112 Å². The molecule has 3 N–H and O–H groups in total. The molecule has 0 aliphatic rings. The van der Waals surface area contributed by atoms with Gasteiger partial charge in [0.1, 0.15) is 0 Å². The van der Waals surface area contributed by atoms with Gasteiger partial charge in [0.05, 0.1) is 0 Å². The number of unbranched alkanes of at least 4 members (excludes halogenated alkanes) is 2. The van der Waals surface area contributed by atoms with Crippen LogP contribution in [0.15, 0.2) is 24.3 Å². The van der Waals surface area contributed by atoms with Crippen LogP contribution in [0.4, 0.5) is 0 Å². The minimum atomic E-state index is 0.628. The first kappa shape index (κ1) is 15.2. The smallest absolute Gasteiger partial charge is 0.0205 e. The Morgan fingerprint density at radius 1 is 1.11 bits per heavy atom. The van der Waals surface area contributed by atoms with Crippen molar-refractivity contribution in [3.63, 3.8) is 0 Å². The minimum absolute atomic E-state index is 0.628. The third-order valence-corrected chi connectivity index (χ3v) is 3.19. The van der Waals surface area contributed by atoms with Gasteiger partial charge in [-0.3, -0.25) is 0 Å². The highest BCUT2D eigenvalue weighted by molar-refractivity contribution is 5.23. The molecular weight excluding hydrogens is 220 g/mol. The summed E-state index contributed by atoms with van der Waals surface area (Å²) in [5.41, 5.74) is 8.18. The zero-order valence-corrected chi connectivity index (χ0v) is 11.9. The summed E-state index contributed by atoms with van der Waals surface area (Å²) in [5.74, 6) is 0.844. The standard InChI is InChI=1S/C16H28N2/c1-14(2)7-4-3-5-10-18-13-16-9-6-8-15(11-16)12-17/h6,8-9,11,14,18H,3-5,7,10,12-13,17H2,1-2H3. The summed E-state index contributed by atoms with van der Waals surface area (Å²) in [4.78, 5) is 0. The van der Waals surface area contributed by atoms with Crippen molar-refractivity contribution in [3.8, 4) is 0 Å². The Kier molecular flexibility index (Phi) is 7.70. The van der Waals surface area contributed by atoms with Gasteiger partial charge in [-0.2, -0.15) is 0 Å². The number of rotatable bonds is 9. The maximum Gasteiger partial charge on any atom is 0.0205 e. The lowest BCUT2D eigenvalue weighted by Gasteiger charge is -2.07. The highest BCUT2D eigenvalue weighted by Gasteiger charge is 1.96. The summed E-state index contributed by atoms with van der Waals surface area (Å²) in [6.45, 7) is 7.29. The SMILES string of the molecule is CC(C)CCCCCNCc1cccc(CN)c1. The van der Waals surface area contributed by atoms with Crippen LogP contribution in [0.25, 0.3) is 0 Å². The summed E-state index contributed by atoms with van der Waals surface area (Å²) in [6, 6.07) is 8.51. The Morgan fingerprint density at radius 2 is 1.89 bits per heavy atom. The molecule has 0 unspecified atom stereocenters. The number of benzene rings is 1. The normalized spacial score (nSPS) is 11.1.